The van der Waals surface area contributed by atoms with Crippen LogP contribution in [0.4, 0.5) is 0 Å². The Kier molecular flexibility index (Phi) is 3.72. The van der Waals surface area contributed by atoms with Crippen LogP contribution in [0.2, 0.25) is 11.5 Å². The second-order valence-electron chi connectivity index (χ2n) is 7.54. The van der Waals surface area contributed by atoms with Gasteiger partial charge in [0.25, 0.3) is 0 Å². The zero-order valence-electron chi connectivity index (χ0n) is 14.9. The molecule has 0 saturated carbocycles. The van der Waals surface area contributed by atoms with E-state index in [9.17, 15) is 0 Å². The summed E-state index contributed by atoms with van der Waals surface area (Å²) in [5.41, 5.74) is 7.38. The van der Waals surface area contributed by atoms with E-state index in [0.29, 0.717) is 6.71 Å². The van der Waals surface area contributed by atoms with Crippen LogP contribution in [0.5, 0.6) is 0 Å². The molecule has 0 fully saturated rings. The first-order valence-corrected chi connectivity index (χ1v) is 15.1. The Bertz CT molecular complexity index is 857. The molecule has 3 aromatic carbocycles. The Balaban J connectivity index is 2.10. The van der Waals surface area contributed by atoms with Crippen molar-refractivity contribution in [2.24, 2.45) is 0 Å². The molecule has 2 heteroatoms. The van der Waals surface area contributed by atoms with Gasteiger partial charge in [-0.05, 0) is 0 Å². The summed E-state index contributed by atoms with van der Waals surface area (Å²) in [4.78, 5) is 0. The summed E-state index contributed by atoms with van der Waals surface area (Å²) in [6.07, 6.45) is 0. The Labute approximate surface area is 148 Å². The van der Waals surface area contributed by atoms with Crippen molar-refractivity contribution in [2.45, 2.75) is 25.4 Å². The quantitative estimate of drug-likeness (QED) is 0.574. The van der Waals surface area contributed by atoms with Crippen LogP contribution in [0.1, 0.15) is 11.1 Å². The van der Waals surface area contributed by atoms with Crippen LogP contribution in [0.3, 0.4) is 0 Å². The van der Waals surface area contributed by atoms with Crippen molar-refractivity contribution < 1.29 is 0 Å². The van der Waals surface area contributed by atoms with E-state index in [1.165, 1.54) is 16.6 Å². The fraction of sp³-hybridized carbons (Fsp3) is 0.182. The van der Waals surface area contributed by atoms with Gasteiger partial charge in [-0.15, -0.1) is 0 Å². The van der Waals surface area contributed by atoms with Crippen molar-refractivity contribution in [3.63, 3.8) is 0 Å². The number of fused-ring (bicyclic) bond motifs is 2. The van der Waals surface area contributed by atoms with Gasteiger partial charge in [-0.1, -0.05) is 0 Å². The first kappa shape index (κ1) is 15.8. The second-order valence-corrected chi connectivity index (χ2v) is 16.6. The molecule has 0 aliphatic carbocycles. The molecule has 24 heavy (non-hydrogen) atoms. The Morgan fingerprint density at radius 3 is 1.58 bits per heavy atom. The van der Waals surface area contributed by atoms with Gasteiger partial charge in [0, 0.05) is 0 Å². The molecule has 0 spiro atoms. The third-order valence-electron chi connectivity index (χ3n) is 5.72. The minimum atomic E-state index is -2.23. The van der Waals surface area contributed by atoms with E-state index in [1.807, 2.05) is 0 Å². The predicted molar refractivity (Wildman–Crippen MR) is 110 cm³/mol. The predicted octanol–water partition coefficient (Wildman–Crippen LogP) is 1.96. The molecule has 1 heterocycles. The van der Waals surface area contributed by atoms with Gasteiger partial charge < -0.3 is 0 Å². The Morgan fingerprint density at radius 1 is 0.625 bits per heavy atom. The Hall–Kier alpha value is -1.73. The van der Waals surface area contributed by atoms with E-state index in [4.69, 9.17) is 0 Å². The SMILES string of the molecule is Cc1cccc(C)c1B1c2cccc[c]2[Ge]([CH3])([CH3])[c]2ccccc21. The fourth-order valence-corrected chi connectivity index (χ4v) is 11.3. The average molecular weight is 371 g/mol. The van der Waals surface area contributed by atoms with Gasteiger partial charge in [-0.25, -0.2) is 0 Å². The number of hydrogen-bond acceptors (Lipinski definition) is 0. The molecule has 0 aromatic heterocycles. The van der Waals surface area contributed by atoms with Crippen molar-refractivity contribution in [1.29, 1.82) is 0 Å². The summed E-state index contributed by atoms with van der Waals surface area (Å²) in [5.74, 6) is 5.08. The molecule has 0 nitrogen and oxygen atoms in total. The van der Waals surface area contributed by atoms with Gasteiger partial charge in [-0.2, -0.15) is 0 Å². The van der Waals surface area contributed by atoms with E-state index in [1.54, 1.807) is 19.7 Å². The molecule has 1 aliphatic heterocycles. The molecule has 0 radical (unpaired) electrons. The first-order chi connectivity index (χ1) is 11.5. The normalized spacial score (nSPS) is 14.9. The molecule has 0 amide bonds. The van der Waals surface area contributed by atoms with Crippen LogP contribution >= 0.6 is 0 Å². The fourth-order valence-electron chi connectivity index (χ4n) is 4.54. The molecule has 0 atom stereocenters. The van der Waals surface area contributed by atoms with Crippen LogP contribution < -0.4 is 25.2 Å². The monoisotopic (exact) mass is 372 g/mol. The average Bonchev–Trinajstić information content (AvgIpc) is 2.58. The van der Waals surface area contributed by atoms with Gasteiger partial charge in [0.2, 0.25) is 0 Å². The molecular weight excluding hydrogens is 348 g/mol. The summed E-state index contributed by atoms with van der Waals surface area (Å²) in [6.45, 7) is 4.89. The van der Waals surface area contributed by atoms with E-state index < -0.39 is 13.3 Å². The molecule has 118 valence electrons. The third-order valence-corrected chi connectivity index (χ3v) is 13.3. The third kappa shape index (κ3) is 2.22. The summed E-state index contributed by atoms with van der Waals surface area (Å²) < 4.78 is 3.28. The van der Waals surface area contributed by atoms with E-state index >= 15 is 0 Å². The zero-order valence-corrected chi connectivity index (χ0v) is 17.0. The molecule has 0 N–H and O–H groups in total. The van der Waals surface area contributed by atoms with Crippen LogP contribution in [0.25, 0.3) is 0 Å². The number of hydrogen-bond donors (Lipinski definition) is 0. The molecular formula is C22H23BGe. The molecule has 3 aromatic rings. The topological polar surface area (TPSA) is 0 Å². The van der Waals surface area contributed by atoms with Gasteiger partial charge >= 0.3 is 148 Å². The van der Waals surface area contributed by atoms with Gasteiger partial charge in [0.1, 0.15) is 0 Å². The molecule has 1 aliphatic rings. The molecule has 0 unspecified atom stereocenters. The van der Waals surface area contributed by atoms with Crippen molar-refractivity contribution in [3.8, 4) is 0 Å². The van der Waals surface area contributed by atoms with Crippen molar-refractivity contribution in [3.05, 3.63) is 77.9 Å². The van der Waals surface area contributed by atoms with E-state index in [0.717, 1.165) is 0 Å². The van der Waals surface area contributed by atoms with Crippen molar-refractivity contribution in [2.75, 3.05) is 0 Å². The number of rotatable bonds is 1. The summed E-state index contributed by atoms with van der Waals surface area (Å²) >= 11 is -2.23. The van der Waals surface area contributed by atoms with E-state index in [2.05, 4.69) is 92.1 Å². The maximum absolute atomic E-state index is 2.54. The summed E-state index contributed by atoms with van der Waals surface area (Å²) in [7, 11) is 0. The van der Waals surface area contributed by atoms with Crippen LogP contribution in [0, 0.1) is 13.8 Å². The van der Waals surface area contributed by atoms with Gasteiger partial charge in [0.15, 0.2) is 0 Å². The molecule has 0 saturated heterocycles. The first-order valence-electron chi connectivity index (χ1n) is 8.76. The summed E-state index contributed by atoms with van der Waals surface area (Å²) in [5, 5.41) is 0. The van der Waals surface area contributed by atoms with Crippen LogP contribution in [-0.4, -0.2) is 20.0 Å². The van der Waals surface area contributed by atoms with Crippen LogP contribution in [-0.2, 0) is 0 Å². The van der Waals surface area contributed by atoms with Crippen LogP contribution in [0.15, 0.2) is 66.7 Å². The van der Waals surface area contributed by atoms with Gasteiger partial charge in [-0.3, -0.25) is 0 Å². The van der Waals surface area contributed by atoms with Gasteiger partial charge in [0.05, 0.1) is 0 Å². The molecule has 0 bridgehead atoms. The standard InChI is InChI=1S/C22H23BGe/c1-16-10-9-11-17(2)22(16)23-18-12-5-7-14-20(18)24(3,4)21-15-8-6-13-19(21)23/h5-15H,1-4H3. The summed E-state index contributed by atoms with van der Waals surface area (Å²) in [6, 6.07) is 25.1. The van der Waals surface area contributed by atoms with E-state index in [-0.39, 0.29) is 0 Å². The minimum absolute atomic E-state index is 0.372. The second kappa shape index (κ2) is 5.67. The zero-order chi connectivity index (χ0) is 16.9. The van der Waals surface area contributed by atoms with Crippen molar-refractivity contribution in [1.82, 2.24) is 0 Å². The number of aryl methyl sites for hydroxylation is 2. The Morgan fingerprint density at radius 2 is 1.08 bits per heavy atom. The van der Waals surface area contributed by atoms with Crippen molar-refractivity contribution >= 4 is 45.2 Å². The maximum atomic E-state index is 2.54. The molecule has 4 rings (SSSR count). The number of benzene rings is 3.